The second kappa shape index (κ2) is 6.27. The van der Waals surface area contributed by atoms with Gasteiger partial charge < -0.3 is 16.8 Å². The van der Waals surface area contributed by atoms with Crippen molar-refractivity contribution in [1.82, 2.24) is 5.32 Å². The number of benzene rings is 1. The molecule has 0 spiro atoms. The highest BCUT2D eigenvalue weighted by molar-refractivity contribution is 5.62. The zero-order valence-electron chi connectivity index (χ0n) is 8.50. The van der Waals surface area contributed by atoms with Crippen molar-refractivity contribution in [2.24, 2.45) is 0 Å². The fourth-order valence-corrected chi connectivity index (χ4v) is 1.31. The Labute approximate surface area is 85.5 Å². The molecular formula is C11H19N3. The minimum Gasteiger partial charge on any atom is -0.397 e. The van der Waals surface area contributed by atoms with Crippen molar-refractivity contribution < 1.29 is 0 Å². The number of anilines is 2. The third-order valence-corrected chi connectivity index (χ3v) is 2.20. The van der Waals surface area contributed by atoms with Crippen molar-refractivity contribution in [2.45, 2.75) is 19.3 Å². The van der Waals surface area contributed by atoms with Crippen LogP contribution in [0.25, 0.3) is 0 Å². The molecule has 2 rings (SSSR count). The molecule has 1 aliphatic heterocycles. The highest BCUT2D eigenvalue weighted by Gasteiger charge is 1.93. The number of nitrogen functional groups attached to an aromatic ring is 2. The highest BCUT2D eigenvalue weighted by Crippen LogP contribution is 2.10. The van der Waals surface area contributed by atoms with Gasteiger partial charge in [0.2, 0.25) is 0 Å². The largest absolute Gasteiger partial charge is 0.397 e. The molecule has 0 bridgehead atoms. The molecule has 14 heavy (non-hydrogen) atoms. The van der Waals surface area contributed by atoms with E-state index in [1.165, 1.54) is 32.4 Å². The predicted octanol–water partition coefficient (Wildman–Crippen LogP) is 1.61. The van der Waals surface area contributed by atoms with Gasteiger partial charge in [0.05, 0.1) is 11.4 Å². The number of nitrogens with one attached hydrogen (secondary N) is 1. The lowest BCUT2D eigenvalue weighted by atomic mass is 10.2. The molecule has 1 saturated heterocycles. The summed E-state index contributed by atoms with van der Waals surface area (Å²) in [5, 5.41) is 3.28. The van der Waals surface area contributed by atoms with Gasteiger partial charge in [-0.2, -0.15) is 0 Å². The van der Waals surface area contributed by atoms with Gasteiger partial charge in [-0.15, -0.1) is 0 Å². The molecule has 78 valence electrons. The predicted molar refractivity (Wildman–Crippen MR) is 62.0 cm³/mol. The van der Waals surface area contributed by atoms with E-state index in [4.69, 9.17) is 11.5 Å². The summed E-state index contributed by atoms with van der Waals surface area (Å²) in [4.78, 5) is 0. The van der Waals surface area contributed by atoms with Gasteiger partial charge in [0, 0.05) is 0 Å². The zero-order chi connectivity index (χ0) is 10.2. The van der Waals surface area contributed by atoms with Crippen LogP contribution in [0.15, 0.2) is 24.3 Å². The SMILES string of the molecule is C1CCNCC1.Nc1ccccc1N. The molecule has 0 aliphatic carbocycles. The third-order valence-electron chi connectivity index (χ3n) is 2.20. The summed E-state index contributed by atoms with van der Waals surface area (Å²) >= 11 is 0. The van der Waals surface area contributed by atoms with Crippen LogP contribution in [0.2, 0.25) is 0 Å². The molecule has 0 saturated carbocycles. The maximum absolute atomic E-state index is 5.39. The molecule has 0 aromatic heterocycles. The molecule has 1 aromatic carbocycles. The lowest BCUT2D eigenvalue weighted by molar-refractivity contribution is 0.520. The molecule has 1 aromatic rings. The second-order valence-electron chi connectivity index (χ2n) is 3.44. The van der Waals surface area contributed by atoms with Gasteiger partial charge in [-0.05, 0) is 38.1 Å². The van der Waals surface area contributed by atoms with Crippen molar-refractivity contribution in [1.29, 1.82) is 0 Å². The number of para-hydroxylation sites is 2. The van der Waals surface area contributed by atoms with E-state index in [2.05, 4.69) is 5.32 Å². The molecule has 0 atom stereocenters. The Bertz CT molecular complexity index is 224. The smallest absolute Gasteiger partial charge is 0.0547 e. The zero-order valence-corrected chi connectivity index (χ0v) is 8.50. The summed E-state index contributed by atoms with van der Waals surface area (Å²) in [5.74, 6) is 0. The standard InChI is InChI=1S/C6H8N2.C5H11N/c7-5-3-1-2-4-6(5)8;1-2-4-6-5-3-1/h1-4H,7-8H2;6H,1-5H2. The molecule has 0 amide bonds. The average molecular weight is 193 g/mol. The molecule has 5 N–H and O–H groups in total. The molecule has 3 nitrogen and oxygen atoms in total. The van der Waals surface area contributed by atoms with Crippen LogP contribution in [0, 0.1) is 0 Å². The second-order valence-corrected chi connectivity index (χ2v) is 3.44. The average Bonchev–Trinajstić information content (AvgIpc) is 2.26. The van der Waals surface area contributed by atoms with E-state index in [9.17, 15) is 0 Å². The summed E-state index contributed by atoms with van der Waals surface area (Å²) in [5.41, 5.74) is 12.1. The summed E-state index contributed by atoms with van der Waals surface area (Å²) in [6.45, 7) is 2.50. The van der Waals surface area contributed by atoms with E-state index in [1.807, 2.05) is 12.1 Å². The van der Waals surface area contributed by atoms with Crippen molar-refractivity contribution in [3.05, 3.63) is 24.3 Å². The first-order chi connectivity index (χ1) is 6.80. The highest BCUT2D eigenvalue weighted by atomic mass is 14.9. The third kappa shape index (κ3) is 4.14. The van der Waals surface area contributed by atoms with E-state index in [-0.39, 0.29) is 0 Å². The normalized spacial score (nSPS) is 15.4. The molecule has 1 heterocycles. The quantitative estimate of drug-likeness (QED) is 0.548. The summed E-state index contributed by atoms with van der Waals surface area (Å²) in [6.07, 6.45) is 4.22. The fraction of sp³-hybridized carbons (Fsp3) is 0.455. The minimum absolute atomic E-state index is 0.646. The van der Waals surface area contributed by atoms with Gasteiger partial charge in [0.1, 0.15) is 0 Å². The van der Waals surface area contributed by atoms with Gasteiger partial charge in [-0.1, -0.05) is 18.6 Å². The Kier molecular flexibility index (Phi) is 4.86. The van der Waals surface area contributed by atoms with Crippen LogP contribution in [-0.4, -0.2) is 13.1 Å². The summed E-state index contributed by atoms with van der Waals surface area (Å²) in [7, 11) is 0. The first-order valence-corrected chi connectivity index (χ1v) is 5.11. The van der Waals surface area contributed by atoms with Crippen LogP contribution in [-0.2, 0) is 0 Å². The summed E-state index contributed by atoms with van der Waals surface area (Å²) < 4.78 is 0. The van der Waals surface area contributed by atoms with Gasteiger partial charge in [0.15, 0.2) is 0 Å². The number of piperidine rings is 1. The number of nitrogens with two attached hydrogens (primary N) is 2. The van der Waals surface area contributed by atoms with Crippen LogP contribution in [0.4, 0.5) is 11.4 Å². The number of hydrogen-bond donors (Lipinski definition) is 3. The van der Waals surface area contributed by atoms with Crippen LogP contribution in [0.1, 0.15) is 19.3 Å². The molecule has 0 unspecified atom stereocenters. The maximum Gasteiger partial charge on any atom is 0.0547 e. The van der Waals surface area contributed by atoms with Crippen molar-refractivity contribution >= 4 is 11.4 Å². The Hall–Kier alpha value is -1.22. The van der Waals surface area contributed by atoms with Gasteiger partial charge in [-0.3, -0.25) is 0 Å². The molecule has 1 aliphatic rings. The monoisotopic (exact) mass is 193 g/mol. The Morgan fingerprint density at radius 3 is 1.57 bits per heavy atom. The summed E-state index contributed by atoms with van der Waals surface area (Å²) in [6, 6.07) is 7.25. The number of rotatable bonds is 0. The van der Waals surface area contributed by atoms with Crippen molar-refractivity contribution in [3.63, 3.8) is 0 Å². The molecule has 0 radical (unpaired) electrons. The van der Waals surface area contributed by atoms with Crippen LogP contribution in [0.3, 0.4) is 0 Å². The fourth-order valence-electron chi connectivity index (χ4n) is 1.31. The van der Waals surface area contributed by atoms with Gasteiger partial charge in [0.25, 0.3) is 0 Å². The lowest BCUT2D eigenvalue weighted by Gasteiger charge is -2.08. The van der Waals surface area contributed by atoms with E-state index in [0.29, 0.717) is 11.4 Å². The Balaban J connectivity index is 0.000000146. The van der Waals surface area contributed by atoms with Crippen LogP contribution >= 0.6 is 0 Å². The molecule has 1 fully saturated rings. The first kappa shape index (κ1) is 10.9. The first-order valence-electron chi connectivity index (χ1n) is 5.11. The lowest BCUT2D eigenvalue weighted by Crippen LogP contribution is -2.21. The van der Waals surface area contributed by atoms with E-state index in [0.717, 1.165) is 0 Å². The van der Waals surface area contributed by atoms with Crippen molar-refractivity contribution in [3.8, 4) is 0 Å². The minimum atomic E-state index is 0.646. The number of hydrogen-bond acceptors (Lipinski definition) is 3. The van der Waals surface area contributed by atoms with Crippen molar-refractivity contribution in [2.75, 3.05) is 24.6 Å². The molecule has 3 heteroatoms. The van der Waals surface area contributed by atoms with Gasteiger partial charge >= 0.3 is 0 Å². The van der Waals surface area contributed by atoms with E-state index in [1.54, 1.807) is 12.1 Å². The Morgan fingerprint density at radius 1 is 0.857 bits per heavy atom. The topological polar surface area (TPSA) is 64.1 Å². The van der Waals surface area contributed by atoms with E-state index < -0.39 is 0 Å². The maximum atomic E-state index is 5.39. The van der Waals surface area contributed by atoms with E-state index >= 15 is 0 Å². The van der Waals surface area contributed by atoms with Crippen LogP contribution in [0.5, 0.6) is 0 Å². The molecular weight excluding hydrogens is 174 g/mol. The Morgan fingerprint density at radius 2 is 1.36 bits per heavy atom. The van der Waals surface area contributed by atoms with Gasteiger partial charge in [-0.25, -0.2) is 0 Å². The van der Waals surface area contributed by atoms with Crippen LogP contribution < -0.4 is 16.8 Å².